The highest BCUT2D eigenvalue weighted by Crippen LogP contribution is 2.21. The SMILES string of the molecule is CC[Si](OC)(OC)C1NCCN1CCN(C)C. The molecule has 1 fully saturated rings. The fourth-order valence-electron chi connectivity index (χ4n) is 2.39. The Kier molecular flexibility index (Phi) is 6.05. The molecule has 0 bridgehead atoms. The molecule has 0 aromatic heterocycles. The maximum atomic E-state index is 5.76. The molecule has 102 valence electrons. The van der Waals surface area contributed by atoms with E-state index < -0.39 is 8.56 Å². The van der Waals surface area contributed by atoms with E-state index in [9.17, 15) is 0 Å². The average molecular weight is 261 g/mol. The second-order valence-electron chi connectivity index (χ2n) is 4.77. The van der Waals surface area contributed by atoms with Crippen molar-refractivity contribution in [3.63, 3.8) is 0 Å². The number of nitrogens with zero attached hydrogens (tertiary/aromatic N) is 2. The molecule has 1 saturated heterocycles. The van der Waals surface area contributed by atoms with Crippen LogP contribution in [0.4, 0.5) is 0 Å². The van der Waals surface area contributed by atoms with Crippen LogP contribution in [-0.4, -0.2) is 78.6 Å². The summed E-state index contributed by atoms with van der Waals surface area (Å²) in [6.07, 6.45) is 0. The standard InChI is InChI=1S/C11H27N3O2Si/c1-6-17(15-4,16-5)11-12-7-8-14(11)10-9-13(2)3/h11-12H,6-10H2,1-5H3. The first-order valence-corrected chi connectivity index (χ1v) is 8.42. The summed E-state index contributed by atoms with van der Waals surface area (Å²) in [5, 5.41) is 3.54. The zero-order chi connectivity index (χ0) is 12.9. The van der Waals surface area contributed by atoms with Gasteiger partial charge in [-0.2, -0.15) is 0 Å². The molecule has 0 aromatic carbocycles. The van der Waals surface area contributed by atoms with Gasteiger partial charge in [-0.25, -0.2) is 0 Å². The fraction of sp³-hybridized carbons (Fsp3) is 1.00. The van der Waals surface area contributed by atoms with Gasteiger partial charge >= 0.3 is 8.56 Å². The highest BCUT2D eigenvalue weighted by atomic mass is 28.4. The third-order valence-corrected chi connectivity index (χ3v) is 7.31. The molecule has 1 atom stereocenters. The monoisotopic (exact) mass is 261 g/mol. The Balaban J connectivity index is 2.66. The minimum absolute atomic E-state index is 0.280. The molecule has 0 aliphatic carbocycles. The van der Waals surface area contributed by atoms with Crippen molar-refractivity contribution in [1.29, 1.82) is 0 Å². The van der Waals surface area contributed by atoms with Crippen LogP contribution in [-0.2, 0) is 8.85 Å². The molecule has 0 saturated carbocycles. The smallest absolute Gasteiger partial charge is 0.370 e. The van der Waals surface area contributed by atoms with Crippen molar-refractivity contribution in [1.82, 2.24) is 15.1 Å². The van der Waals surface area contributed by atoms with Gasteiger partial charge in [-0.05, 0) is 20.1 Å². The van der Waals surface area contributed by atoms with Crippen LogP contribution in [0.3, 0.4) is 0 Å². The largest absolute Gasteiger partial charge is 0.396 e. The van der Waals surface area contributed by atoms with Gasteiger partial charge in [0.15, 0.2) is 0 Å². The Morgan fingerprint density at radius 2 is 2.00 bits per heavy atom. The first-order valence-electron chi connectivity index (χ1n) is 6.32. The first kappa shape index (κ1) is 15.1. The average Bonchev–Trinajstić information content (AvgIpc) is 2.79. The van der Waals surface area contributed by atoms with Crippen LogP contribution in [0.2, 0.25) is 6.04 Å². The van der Waals surface area contributed by atoms with Gasteiger partial charge in [0, 0.05) is 40.4 Å². The number of likely N-dealkylation sites (N-methyl/N-ethyl adjacent to an activating group) is 1. The van der Waals surface area contributed by atoms with E-state index >= 15 is 0 Å². The maximum absolute atomic E-state index is 5.76. The van der Waals surface area contributed by atoms with Crippen molar-refractivity contribution in [3.8, 4) is 0 Å². The van der Waals surface area contributed by atoms with E-state index in [4.69, 9.17) is 8.85 Å². The predicted molar refractivity (Wildman–Crippen MR) is 72.2 cm³/mol. The van der Waals surface area contributed by atoms with E-state index in [-0.39, 0.29) is 5.79 Å². The topological polar surface area (TPSA) is 37.0 Å². The van der Waals surface area contributed by atoms with Crippen molar-refractivity contribution in [2.24, 2.45) is 0 Å². The third-order valence-electron chi connectivity index (χ3n) is 3.54. The van der Waals surface area contributed by atoms with Crippen LogP contribution in [0.15, 0.2) is 0 Å². The maximum Gasteiger partial charge on any atom is 0.370 e. The molecule has 1 heterocycles. The van der Waals surface area contributed by atoms with Gasteiger partial charge in [0.1, 0.15) is 5.79 Å². The summed E-state index contributed by atoms with van der Waals surface area (Å²) in [6.45, 7) is 6.40. The van der Waals surface area contributed by atoms with Gasteiger partial charge in [0.25, 0.3) is 0 Å². The van der Waals surface area contributed by atoms with E-state index in [0.717, 1.165) is 32.2 Å². The van der Waals surface area contributed by atoms with Crippen molar-refractivity contribution >= 4 is 8.56 Å². The molecule has 1 rings (SSSR count). The fourth-order valence-corrected chi connectivity index (χ4v) is 5.24. The highest BCUT2D eigenvalue weighted by Gasteiger charge is 2.48. The summed E-state index contributed by atoms with van der Waals surface area (Å²) >= 11 is 0. The second kappa shape index (κ2) is 6.82. The molecule has 1 unspecified atom stereocenters. The number of hydrogen-bond acceptors (Lipinski definition) is 5. The summed E-state index contributed by atoms with van der Waals surface area (Å²) in [7, 11) is 5.65. The highest BCUT2D eigenvalue weighted by molar-refractivity contribution is 6.68. The van der Waals surface area contributed by atoms with E-state index in [0.29, 0.717) is 0 Å². The van der Waals surface area contributed by atoms with Crippen LogP contribution in [0, 0.1) is 0 Å². The molecule has 1 aliphatic rings. The van der Waals surface area contributed by atoms with Crippen molar-refractivity contribution in [2.45, 2.75) is 18.8 Å². The molecule has 5 nitrogen and oxygen atoms in total. The Morgan fingerprint density at radius 1 is 1.35 bits per heavy atom. The van der Waals surface area contributed by atoms with Crippen molar-refractivity contribution in [3.05, 3.63) is 0 Å². The predicted octanol–water partition coefficient (Wildman–Crippen LogP) is 0.0734. The second-order valence-corrected chi connectivity index (χ2v) is 8.46. The summed E-state index contributed by atoms with van der Waals surface area (Å²) in [6, 6.07) is 0.968. The lowest BCUT2D eigenvalue weighted by molar-refractivity contribution is 0.169. The summed E-state index contributed by atoms with van der Waals surface area (Å²) in [4.78, 5) is 4.67. The molecule has 0 radical (unpaired) electrons. The Labute approximate surface area is 106 Å². The molecule has 17 heavy (non-hydrogen) atoms. The molecule has 0 spiro atoms. The van der Waals surface area contributed by atoms with Gasteiger partial charge in [0.05, 0.1) is 0 Å². The summed E-state index contributed by atoms with van der Waals surface area (Å²) in [5.74, 6) is 0.280. The van der Waals surface area contributed by atoms with Crippen molar-refractivity contribution in [2.75, 3.05) is 54.5 Å². The van der Waals surface area contributed by atoms with E-state index in [1.165, 1.54) is 0 Å². The molecular weight excluding hydrogens is 234 g/mol. The number of nitrogens with one attached hydrogen (secondary N) is 1. The lowest BCUT2D eigenvalue weighted by Gasteiger charge is -2.37. The first-order chi connectivity index (χ1) is 8.09. The molecule has 0 amide bonds. The Morgan fingerprint density at radius 3 is 2.47 bits per heavy atom. The van der Waals surface area contributed by atoms with Crippen LogP contribution < -0.4 is 5.32 Å². The van der Waals surface area contributed by atoms with Crippen LogP contribution >= 0.6 is 0 Å². The minimum atomic E-state index is -2.12. The van der Waals surface area contributed by atoms with E-state index in [1.807, 2.05) is 0 Å². The lowest BCUT2D eigenvalue weighted by Crippen LogP contribution is -2.62. The normalized spacial score (nSPS) is 22.6. The molecule has 1 aliphatic heterocycles. The van der Waals surface area contributed by atoms with Crippen LogP contribution in [0.1, 0.15) is 6.92 Å². The molecular formula is C11H27N3O2Si. The minimum Gasteiger partial charge on any atom is -0.396 e. The molecule has 1 N–H and O–H groups in total. The van der Waals surface area contributed by atoms with E-state index in [2.05, 4.69) is 36.1 Å². The van der Waals surface area contributed by atoms with E-state index in [1.54, 1.807) is 14.2 Å². The number of rotatable bonds is 7. The summed E-state index contributed by atoms with van der Waals surface area (Å²) < 4.78 is 11.5. The van der Waals surface area contributed by atoms with Crippen molar-refractivity contribution < 1.29 is 8.85 Å². The van der Waals surface area contributed by atoms with Gasteiger partial charge in [-0.3, -0.25) is 10.2 Å². The van der Waals surface area contributed by atoms with Gasteiger partial charge in [0.2, 0.25) is 0 Å². The zero-order valence-electron chi connectivity index (χ0n) is 11.8. The van der Waals surface area contributed by atoms with Gasteiger partial charge in [-0.1, -0.05) is 6.92 Å². The number of hydrogen-bond donors (Lipinski definition) is 1. The molecule has 6 heteroatoms. The summed E-state index contributed by atoms with van der Waals surface area (Å²) in [5.41, 5.74) is 0. The Bertz CT molecular complexity index is 216. The van der Waals surface area contributed by atoms with Gasteiger partial charge < -0.3 is 13.8 Å². The lowest BCUT2D eigenvalue weighted by atomic mass is 10.5. The Hall–Kier alpha value is 0.0169. The zero-order valence-corrected chi connectivity index (χ0v) is 12.8. The van der Waals surface area contributed by atoms with Crippen LogP contribution in [0.5, 0.6) is 0 Å². The quantitative estimate of drug-likeness (QED) is 0.657. The molecule has 0 aromatic rings. The van der Waals surface area contributed by atoms with Crippen LogP contribution in [0.25, 0.3) is 0 Å². The third kappa shape index (κ3) is 3.49. The van der Waals surface area contributed by atoms with Gasteiger partial charge in [-0.15, -0.1) is 0 Å².